The standard InChI is InChI=1S/C20H30N4O5S/c1-22-8-10-23(11-9-22)17-5-3-16(4-6-17)21-19(25)20(26)24(12-13-29-2)18-7-14-30(27,28)15-18/h3-6,18H,7-15H2,1-2H3,(H,21,25). The van der Waals surface area contributed by atoms with E-state index in [-0.39, 0.29) is 24.7 Å². The highest BCUT2D eigenvalue weighted by atomic mass is 32.2. The lowest BCUT2D eigenvalue weighted by Crippen LogP contribution is -2.48. The van der Waals surface area contributed by atoms with Gasteiger partial charge < -0.3 is 24.8 Å². The second-order valence-corrected chi connectivity index (χ2v) is 10.1. The van der Waals surface area contributed by atoms with Gasteiger partial charge in [-0.1, -0.05) is 0 Å². The second-order valence-electron chi connectivity index (χ2n) is 7.84. The molecule has 2 fully saturated rings. The number of nitrogens with zero attached hydrogens (tertiary/aromatic N) is 3. The lowest BCUT2D eigenvalue weighted by atomic mass is 10.2. The SMILES string of the molecule is COCCN(C(=O)C(=O)Nc1ccc(N2CCN(C)CC2)cc1)C1CCS(=O)(=O)C1. The molecule has 0 bridgehead atoms. The Bertz CT molecular complexity index is 850. The number of benzene rings is 1. The number of hydrogen-bond acceptors (Lipinski definition) is 7. The number of ether oxygens (including phenoxy) is 1. The number of piperazine rings is 1. The smallest absolute Gasteiger partial charge is 0.313 e. The van der Waals surface area contributed by atoms with Gasteiger partial charge in [0, 0.05) is 57.3 Å². The number of carbonyl (C=O) groups excluding carboxylic acids is 2. The molecule has 1 aromatic rings. The summed E-state index contributed by atoms with van der Waals surface area (Å²) in [5.74, 6) is -1.60. The minimum absolute atomic E-state index is 0.0315. The third-order valence-corrected chi connectivity index (χ3v) is 7.38. The zero-order valence-electron chi connectivity index (χ0n) is 17.5. The maximum absolute atomic E-state index is 12.7. The fourth-order valence-corrected chi connectivity index (χ4v) is 5.53. The number of likely N-dealkylation sites (N-methyl/N-ethyl adjacent to an activating group) is 1. The van der Waals surface area contributed by atoms with Crippen molar-refractivity contribution in [1.29, 1.82) is 0 Å². The molecule has 0 aromatic heterocycles. The Morgan fingerprint density at radius 1 is 1.17 bits per heavy atom. The Labute approximate surface area is 177 Å². The van der Waals surface area contributed by atoms with Crippen LogP contribution < -0.4 is 10.2 Å². The van der Waals surface area contributed by atoms with Gasteiger partial charge in [-0.25, -0.2) is 8.42 Å². The molecule has 166 valence electrons. The van der Waals surface area contributed by atoms with Crippen LogP contribution in [0.5, 0.6) is 0 Å². The molecule has 30 heavy (non-hydrogen) atoms. The van der Waals surface area contributed by atoms with Crippen LogP contribution in [0.25, 0.3) is 0 Å². The minimum Gasteiger partial charge on any atom is -0.383 e. The summed E-state index contributed by atoms with van der Waals surface area (Å²) in [7, 11) is 0.420. The van der Waals surface area contributed by atoms with Crippen LogP contribution in [0.2, 0.25) is 0 Å². The summed E-state index contributed by atoms with van der Waals surface area (Å²) < 4.78 is 28.6. The number of methoxy groups -OCH3 is 1. The van der Waals surface area contributed by atoms with Crippen molar-refractivity contribution in [2.24, 2.45) is 0 Å². The van der Waals surface area contributed by atoms with E-state index < -0.39 is 27.7 Å². The van der Waals surface area contributed by atoms with E-state index in [1.807, 2.05) is 12.1 Å². The zero-order valence-corrected chi connectivity index (χ0v) is 18.4. The fourth-order valence-electron chi connectivity index (χ4n) is 3.80. The summed E-state index contributed by atoms with van der Waals surface area (Å²) in [6, 6.07) is 6.91. The first-order valence-corrected chi connectivity index (χ1v) is 12.0. The average Bonchev–Trinajstić information content (AvgIpc) is 3.09. The Morgan fingerprint density at radius 2 is 1.83 bits per heavy atom. The van der Waals surface area contributed by atoms with Crippen LogP contribution in [0.4, 0.5) is 11.4 Å². The van der Waals surface area contributed by atoms with Crippen molar-refractivity contribution in [3.8, 4) is 0 Å². The highest BCUT2D eigenvalue weighted by molar-refractivity contribution is 7.91. The van der Waals surface area contributed by atoms with Gasteiger partial charge in [0.2, 0.25) is 0 Å². The summed E-state index contributed by atoms with van der Waals surface area (Å²) in [6.45, 7) is 4.29. The molecule has 0 aliphatic carbocycles. The zero-order chi connectivity index (χ0) is 21.7. The minimum atomic E-state index is -3.18. The van der Waals surface area contributed by atoms with E-state index >= 15 is 0 Å². The first-order valence-electron chi connectivity index (χ1n) is 10.1. The van der Waals surface area contributed by atoms with Crippen LogP contribution >= 0.6 is 0 Å². The number of anilines is 2. The molecular formula is C20H30N4O5S. The van der Waals surface area contributed by atoms with E-state index in [0.29, 0.717) is 12.1 Å². The Balaban J connectivity index is 1.62. The Morgan fingerprint density at radius 3 is 2.40 bits per heavy atom. The lowest BCUT2D eigenvalue weighted by molar-refractivity contribution is -0.144. The van der Waals surface area contributed by atoms with E-state index in [1.54, 1.807) is 12.1 Å². The molecule has 3 rings (SSSR count). The molecule has 0 saturated carbocycles. The molecule has 2 aliphatic heterocycles. The summed E-state index contributed by atoms with van der Waals surface area (Å²) in [5.41, 5.74) is 1.60. The predicted octanol–water partition coefficient (Wildman–Crippen LogP) is 0.0390. The van der Waals surface area contributed by atoms with E-state index in [1.165, 1.54) is 12.0 Å². The van der Waals surface area contributed by atoms with Crippen LogP contribution in [0.15, 0.2) is 24.3 Å². The van der Waals surface area contributed by atoms with Gasteiger partial charge in [-0.2, -0.15) is 0 Å². The molecule has 1 aromatic carbocycles. The number of nitrogens with one attached hydrogen (secondary N) is 1. The molecule has 0 radical (unpaired) electrons. The molecule has 1 unspecified atom stereocenters. The van der Waals surface area contributed by atoms with Crippen LogP contribution in [0, 0.1) is 0 Å². The van der Waals surface area contributed by atoms with Crippen molar-refractivity contribution in [1.82, 2.24) is 9.80 Å². The number of carbonyl (C=O) groups is 2. The van der Waals surface area contributed by atoms with Gasteiger partial charge >= 0.3 is 11.8 Å². The summed E-state index contributed by atoms with van der Waals surface area (Å²) in [5, 5.41) is 2.63. The highest BCUT2D eigenvalue weighted by Crippen LogP contribution is 2.21. The van der Waals surface area contributed by atoms with E-state index in [4.69, 9.17) is 4.74 Å². The molecule has 1 atom stereocenters. The quantitative estimate of drug-likeness (QED) is 0.626. The van der Waals surface area contributed by atoms with Gasteiger partial charge in [0.25, 0.3) is 0 Å². The monoisotopic (exact) mass is 438 g/mol. The molecule has 2 heterocycles. The molecule has 2 amide bonds. The highest BCUT2D eigenvalue weighted by Gasteiger charge is 2.36. The predicted molar refractivity (Wildman–Crippen MR) is 115 cm³/mol. The average molecular weight is 439 g/mol. The Kier molecular flexibility index (Phi) is 7.32. The molecule has 2 aliphatic rings. The van der Waals surface area contributed by atoms with Crippen LogP contribution in [0.1, 0.15) is 6.42 Å². The van der Waals surface area contributed by atoms with Crippen LogP contribution in [-0.4, -0.2) is 101 Å². The number of hydrogen-bond donors (Lipinski definition) is 1. The maximum atomic E-state index is 12.7. The molecule has 2 saturated heterocycles. The van der Waals surface area contributed by atoms with Crippen molar-refractivity contribution in [3.63, 3.8) is 0 Å². The molecule has 10 heteroatoms. The van der Waals surface area contributed by atoms with Gasteiger partial charge in [-0.3, -0.25) is 9.59 Å². The third kappa shape index (κ3) is 5.71. The summed E-state index contributed by atoms with van der Waals surface area (Å²) >= 11 is 0. The fraction of sp³-hybridized carbons (Fsp3) is 0.600. The summed E-state index contributed by atoms with van der Waals surface area (Å²) in [6.07, 6.45) is 0.338. The van der Waals surface area contributed by atoms with Crippen molar-refractivity contribution in [3.05, 3.63) is 24.3 Å². The normalized spacial score (nSPS) is 21.4. The largest absolute Gasteiger partial charge is 0.383 e. The summed E-state index contributed by atoms with van der Waals surface area (Å²) in [4.78, 5) is 31.2. The molecule has 0 spiro atoms. The van der Waals surface area contributed by atoms with Crippen molar-refractivity contribution in [2.75, 3.05) is 75.2 Å². The Hall–Kier alpha value is -2.17. The second kappa shape index (κ2) is 9.76. The molecule has 9 nitrogen and oxygen atoms in total. The van der Waals surface area contributed by atoms with Crippen LogP contribution in [0.3, 0.4) is 0 Å². The number of rotatable bonds is 6. The van der Waals surface area contributed by atoms with Gasteiger partial charge in [0.15, 0.2) is 9.84 Å². The maximum Gasteiger partial charge on any atom is 0.313 e. The van der Waals surface area contributed by atoms with E-state index in [0.717, 1.165) is 31.9 Å². The van der Waals surface area contributed by atoms with E-state index in [2.05, 4.69) is 22.2 Å². The van der Waals surface area contributed by atoms with Gasteiger partial charge in [0.05, 0.1) is 18.1 Å². The number of sulfone groups is 1. The van der Waals surface area contributed by atoms with E-state index in [9.17, 15) is 18.0 Å². The van der Waals surface area contributed by atoms with Crippen LogP contribution in [-0.2, 0) is 24.2 Å². The molecular weight excluding hydrogens is 408 g/mol. The van der Waals surface area contributed by atoms with Crippen molar-refractivity contribution < 1.29 is 22.7 Å². The van der Waals surface area contributed by atoms with Gasteiger partial charge in [-0.05, 0) is 37.7 Å². The first kappa shape index (κ1) is 22.5. The van der Waals surface area contributed by atoms with Gasteiger partial charge in [0.1, 0.15) is 0 Å². The number of amides is 2. The lowest BCUT2D eigenvalue weighted by Gasteiger charge is -2.34. The third-order valence-electron chi connectivity index (χ3n) is 5.63. The van der Waals surface area contributed by atoms with Crippen molar-refractivity contribution in [2.45, 2.75) is 12.5 Å². The topological polar surface area (TPSA) is 99.3 Å². The molecule has 1 N–H and O–H groups in total. The van der Waals surface area contributed by atoms with Crippen molar-refractivity contribution >= 4 is 33.0 Å². The van der Waals surface area contributed by atoms with Gasteiger partial charge in [-0.15, -0.1) is 0 Å². The first-order chi connectivity index (χ1) is 14.3.